The van der Waals surface area contributed by atoms with Crippen LogP contribution in [0.2, 0.25) is 0 Å². The van der Waals surface area contributed by atoms with E-state index in [9.17, 15) is 4.79 Å². The fourth-order valence-corrected chi connectivity index (χ4v) is 4.42. The SMILES string of the molecule is CC(C(=O)N[C@H](CN1CCCC1)c1ccccc1)(c1ccccc1)c1ccccc1. The first-order valence-corrected chi connectivity index (χ1v) is 10.9. The lowest BCUT2D eigenvalue weighted by atomic mass is 9.75. The van der Waals surface area contributed by atoms with Gasteiger partial charge in [0.1, 0.15) is 0 Å². The van der Waals surface area contributed by atoms with Gasteiger partial charge in [-0.2, -0.15) is 0 Å². The number of hydrogen-bond donors (Lipinski definition) is 1. The zero-order valence-corrected chi connectivity index (χ0v) is 17.6. The molecule has 0 bridgehead atoms. The van der Waals surface area contributed by atoms with E-state index in [1.165, 1.54) is 12.8 Å². The van der Waals surface area contributed by atoms with E-state index in [0.717, 1.165) is 36.3 Å². The Morgan fingerprint density at radius 1 is 0.833 bits per heavy atom. The zero-order valence-electron chi connectivity index (χ0n) is 17.6. The Kier molecular flexibility index (Phi) is 6.29. The van der Waals surface area contributed by atoms with Gasteiger partial charge in [-0.3, -0.25) is 4.79 Å². The van der Waals surface area contributed by atoms with Crippen LogP contribution < -0.4 is 5.32 Å². The Bertz CT molecular complexity index is 895. The summed E-state index contributed by atoms with van der Waals surface area (Å²) in [4.78, 5) is 16.4. The topological polar surface area (TPSA) is 32.3 Å². The van der Waals surface area contributed by atoms with Crippen molar-refractivity contribution in [3.05, 3.63) is 108 Å². The summed E-state index contributed by atoms with van der Waals surface area (Å²) in [5.41, 5.74) is 2.39. The van der Waals surface area contributed by atoms with Crippen LogP contribution in [0.25, 0.3) is 0 Å². The van der Waals surface area contributed by atoms with Crippen molar-refractivity contribution in [3.8, 4) is 0 Å². The monoisotopic (exact) mass is 398 g/mol. The van der Waals surface area contributed by atoms with Crippen LogP contribution in [0.5, 0.6) is 0 Å². The van der Waals surface area contributed by atoms with Gasteiger partial charge in [-0.15, -0.1) is 0 Å². The standard InChI is InChI=1S/C27H30N2O/c1-27(23-15-7-3-8-16-23,24-17-9-4-10-18-24)26(30)28-25(21-29-19-11-12-20-29)22-13-5-2-6-14-22/h2-10,13-18,25H,11-12,19-21H2,1H3,(H,28,30)/t25-/m1/s1. The predicted molar refractivity (Wildman–Crippen MR) is 122 cm³/mol. The zero-order chi connectivity index (χ0) is 20.8. The molecule has 4 rings (SSSR count). The fraction of sp³-hybridized carbons (Fsp3) is 0.296. The first-order valence-electron chi connectivity index (χ1n) is 10.9. The van der Waals surface area contributed by atoms with Gasteiger partial charge in [0.05, 0.1) is 11.5 Å². The normalized spacial score (nSPS) is 15.6. The maximum absolute atomic E-state index is 13.9. The molecule has 30 heavy (non-hydrogen) atoms. The summed E-state index contributed by atoms with van der Waals surface area (Å²) >= 11 is 0. The van der Waals surface area contributed by atoms with Crippen molar-refractivity contribution < 1.29 is 4.79 Å². The molecule has 0 aliphatic carbocycles. The second-order valence-electron chi connectivity index (χ2n) is 8.30. The Hall–Kier alpha value is -2.91. The van der Waals surface area contributed by atoms with E-state index in [4.69, 9.17) is 0 Å². The predicted octanol–water partition coefficient (Wildman–Crippen LogP) is 4.95. The van der Waals surface area contributed by atoms with Gasteiger partial charge in [0.15, 0.2) is 0 Å². The van der Waals surface area contributed by atoms with Crippen LogP contribution >= 0.6 is 0 Å². The van der Waals surface area contributed by atoms with Gasteiger partial charge < -0.3 is 10.2 Å². The third-order valence-electron chi connectivity index (χ3n) is 6.30. The van der Waals surface area contributed by atoms with Crippen LogP contribution in [0.1, 0.15) is 42.5 Å². The highest BCUT2D eigenvalue weighted by atomic mass is 16.2. The Morgan fingerprint density at radius 2 is 1.30 bits per heavy atom. The van der Waals surface area contributed by atoms with Gasteiger partial charge in [-0.25, -0.2) is 0 Å². The molecule has 1 aliphatic rings. The molecule has 1 atom stereocenters. The van der Waals surface area contributed by atoms with E-state index in [0.29, 0.717) is 0 Å². The van der Waals surface area contributed by atoms with Crippen LogP contribution in [0.3, 0.4) is 0 Å². The second kappa shape index (κ2) is 9.27. The summed E-state index contributed by atoms with van der Waals surface area (Å²) in [5, 5.41) is 3.42. The summed E-state index contributed by atoms with van der Waals surface area (Å²) in [6.07, 6.45) is 2.47. The highest BCUT2D eigenvalue weighted by molar-refractivity contribution is 5.92. The highest BCUT2D eigenvalue weighted by Gasteiger charge is 2.38. The molecule has 1 fully saturated rings. The third-order valence-corrected chi connectivity index (χ3v) is 6.30. The molecule has 0 unspecified atom stereocenters. The number of benzene rings is 3. The molecule has 0 saturated carbocycles. The molecule has 1 saturated heterocycles. The molecule has 1 amide bonds. The highest BCUT2D eigenvalue weighted by Crippen LogP contribution is 2.33. The lowest BCUT2D eigenvalue weighted by Gasteiger charge is -2.33. The number of hydrogen-bond acceptors (Lipinski definition) is 2. The molecular formula is C27H30N2O. The number of carbonyl (C=O) groups excluding carboxylic acids is 1. The summed E-state index contributed by atoms with van der Waals surface area (Å²) in [7, 11) is 0. The first kappa shape index (κ1) is 20.4. The number of nitrogens with one attached hydrogen (secondary N) is 1. The lowest BCUT2D eigenvalue weighted by Crippen LogP contribution is -2.47. The molecule has 1 heterocycles. The second-order valence-corrected chi connectivity index (χ2v) is 8.30. The van der Waals surface area contributed by atoms with Crippen LogP contribution in [-0.2, 0) is 10.2 Å². The molecule has 0 radical (unpaired) electrons. The Balaban J connectivity index is 1.67. The van der Waals surface area contributed by atoms with Crippen LogP contribution in [0.15, 0.2) is 91.0 Å². The van der Waals surface area contributed by atoms with Gasteiger partial charge in [0.25, 0.3) is 0 Å². The van der Waals surface area contributed by atoms with Crippen molar-refractivity contribution >= 4 is 5.91 Å². The van der Waals surface area contributed by atoms with Gasteiger partial charge in [0.2, 0.25) is 5.91 Å². The van der Waals surface area contributed by atoms with E-state index >= 15 is 0 Å². The van der Waals surface area contributed by atoms with Crippen molar-refractivity contribution in [2.45, 2.75) is 31.2 Å². The molecule has 3 nitrogen and oxygen atoms in total. The van der Waals surface area contributed by atoms with Crippen molar-refractivity contribution in [3.63, 3.8) is 0 Å². The largest absolute Gasteiger partial charge is 0.347 e. The minimum Gasteiger partial charge on any atom is -0.347 e. The summed E-state index contributed by atoms with van der Waals surface area (Å²) < 4.78 is 0. The van der Waals surface area contributed by atoms with E-state index in [2.05, 4.69) is 22.3 Å². The Labute approximate surface area is 179 Å². The average molecular weight is 399 g/mol. The molecule has 154 valence electrons. The summed E-state index contributed by atoms with van der Waals surface area (Å²) in [6.45, 7) is 5.09. The van der Waals surface area contributed by atoms with Crippen molar-refractivity contribution in [1.29, 1.82) is 0 Å². The number of carbonyl (C=O) groups is 1. The molecular weight excluding hydrogens is 368 g/mol. The lowest BCUT2D eigenvalue weighted by molar-refractivity contribution is -0.125. The molecule has 3 aromatic rings. The first-order chi connectivity index (χ1) is 14.7. The number of likely N-dealkylation sites (tertiary alicyclic amines) is 1. The fourth-order valence-electron chi connectivity index (χ4n) is 4.42. The number of rotatable bonds is 7. The van der Waals surface area contributed by atoms with E-state index < -0.39 is 5.41 Å². The van der Waals surface area contributed by atoms with Crippen molar-refractivity contribution in [2.24, 2.45) is 0 Å². The van der Waals surface area contributed by atoms with Gasteiger partial charge >= 0.3 is 0 Å². The maximum Gasteiger partial charge on any atom is 0.235 e. The van der Waals surface area contributed by atoms with Crippen LogP contribution in [-0.4, -0.2) is 30.4 Å². The Morgan fingerprint density at radius 3 is 1.80 bits per heavy atom. The number of amides is 1. The molecule has 3 heteroatoms. The maximum atomic E-state index is 13.9. The smallest absolute Gasteiger partial charge is 0.235 e. The van der Waals surface area contributed by atoms with Crippen LogP contribution in [0.4, 0.5) is 0 Å². The van der Waals surface area contributed by atoms with E-state index in [1.807, 2.05) is 85.8 Å². The van der Waals surface area contributed by atoms with Crippen molar-refractivity contribution in [2.75, 3.05) is 19.6 Å². The molecule has 3 aromatic carbocycles. The van der Waals surface area contributed by atoms with E-state index in [1.54, 1.807) is 0 Å². The molecule has 0 aromatic heterocycles. The molecule has 1 aliphatic heterocycles. The van der Waals surface area contributed by atoms with Gasteiger partial charge in [-0.05, 0) is 49.5 Å². The van der Waals surface area contributed by atoms with E-state index in [-0.39, 0.29) is 11.9 Å². The quantitative estimate of drug-likeness (QED) is 0.611. The van der Waals surface area contributed by atoms with Crippen molar-refractivity contribution in [1.82, 2.24) is 10.2 Å². The van der Waals surface area contributed by atoms with Gasteiger partial charge in [-0.1, -0.05) is 91.0 Å². The summed E-state index contributed by atoms with van der Waals surface area (Å²) in [6, 6.07) is 30.5. The summed E-state index contributed by atoms with van der Waals surface area (Å²) in [5.74, 6) is 0.0351. The molecule has 1 N–H and O–H groups in total. The third kappa shape index (κ3) is 4.31. The van der Waals surface area contributed by atoms with Crippen LogP contribution in [0, 0.1) is 0 Å². The van der Waals surface area contributed by atoms with Gasteiger partial charge in [0, 0.05) is 6.54 Å². The number of nitrogens with zero attached hydrogens (tertiary/aromatic N) is 1. The average Bonchev–Trinajstić information content (AvgIpc) is 3.33. The minimum atomic E-state index is -0.763. The molecule has 0 spiro atoms. The minimum absolute atomic E-state index is 0.0351.